The zero-order chi connectivity index (χ0) is 25.3. The smallest absolute Gasteiger partial charge is 0.484 e. The van der Waals surface area contributed by atoms with E-state index >= 15 is 0 Å². The number of allylic oxidation sites excluding steroid dienone is 3. The summed E-state index contributed by atoms with van der Waals surface area (Å²) in [5.41, 5.74) is -0.491. The predicted octanol–water partition coefficient (Wildman–Crippen LogP) is 2.15. The first-order chi connectivity index (χ1) is 16.5. The molecule has 0 unspecified atom stereocenters. The number of nitrogens with one attached hydrogen (secondary N) is 2. The number of halogens is 2. The van der Waals surface area contributed by atoms with Gasteiger partial charge in [-0.15, -0.1) is 8.78 Å². The van der Waals surface area contributed by atoms with Crippen LogP contribution in [0.4, 0.5) is 8.78 Å². The topological polar surface area (TPSA) is 132 Å². The molecule has 1 aliphatic heterocycles. The first-order valence-corrected chi connectivity index (χ1v) is 10.6. The number of carbonyl (C=O) groups excluding carboxylic acids is 2. The van der Waals surface area contributed by atoms with E-state index in [0.717, 1.165) is 0 Å². The molecule has 3 saturated carbocycles. The van der Waals surface area contributed by atoms with Crippen LogP contribution < -0.4 is 15.4 Å². The summed E-state index contributed by atoms with van der Waals surface area (Å²) in [5.74, 6) is -0.439. The Kier molecular flexibility index (Phi) is 6.10. The highest BCUT2D eigenvalue weighted by molar-refractivity contribution is 5.81. The summed E-state index contributed by atoms with van der Waals surface area (Å²) < 4.78 is 45.2. The maximum Gasteiger partial charge on any atom is 0.585 e. The molecule has 0 aromatic carbocycles. The van der Waals surface area contributed by atoms with Gasteiger partial charge < -0.3 is 29.6 Å². The fourth-order valence-corrected chi connectivity index (χ4v) is 4.37. The van der Waals surface area contributed by atoms with Gasteiger partial charge in [0.25, 0.3) is 11.8 Å². The van der Waals surface area contributed by atoms with Crippen molar-refractivity contribution in [2.75, 3.05) is 13.2 Å². The van der Waals surface area contributed by atoms with Crippen LogP contribution >= 0.6 is 0 Å². The third-order valence-electron chi connectivity index (χ3n) is 5.72. The lowest BCUT2D eigenvalue weighted by Gasteiger charge is -2.70. The molecule has 2 heterocycles. The Morgan fingerprint density at radius 2 is 1.86 bits per heavy atom. The molecule has 1 aromatic heterocycles. The summed E-state index contributed by atoms with van der Waals surface area (Å²) >= 11 is 0. The number of pyridine rings is 1. The number of hydrogen-bond acceptors (Lipinski definition) is 8. The number of ether oxygens (including phenoxy) is 4. The van der Waals surface area contributed by atoms with Crippen molar-refractivity contribution < 1.29 is 37.3 Å². The van der Waals surface area contributed by atoms with Crippen LogP contribution in [-0.4, -0.2) is 47.4 Å². The van der Waals surface area contributed by atoms with Gasteiger partial charge in [-0.3, -0.25) is 9.59 Å². The molecule has 35 heavy (non-hydrogen) atoms. The Morgan fingerprint density at radius 1 is 1.20 bits per heavy atom. The fraction of sp³-hybridized carbons (Fsp3) is 0.391. The van der Waals surface area contributed by atoms with Gasteiger partial charge in [0.1, 0.15) is 29.0 Å². The summed E-state index contributed by atoms with van der Waals surface area (Å²) in [6.07, 6.45) is 1.95. The second-order valence-electron chi connectivity index (χ2n) is 8.64. The summed E-state index contributed by atoms with van der Waals surface area (Å²) in [4.78, 5) is 28.3. The number of alkyl halides is 2. The van der Waals surface area contributed by atoms with Crippen LogP contribution in [0.15, 0.2) is 54.3 Å². The minimum absolute atomic E-state index is 0.0815. The molecular formula is C23H22F2N4O6. The average molecular weight is 488 g/mol. The number of amides is 2. The number of nitrogens with zero attached hydrogens (tertiary/aromatic N) is 2. The molecule has 0 spiro atoms. The van der Waals surface area contributed by atoms with Crippen molar-refractivity contribution in [1.82, 2.24) is 15.6 Å². The summed E-state index contributed by atoms with van der Waals surface area (Å²) in [5, 5.41) is 14.6. The molecule has 4 aliphatic rings. The third-order valence-corrected chi connectivity index (χ3v) is 5.72. The first kappa shape index (κ1) is 24.0. The molecular weight excluding hydrogens is 466 g/mol. The average Bonchev–Trinajstić information content (AvgIpc) is 3.04. The Morgan fingerprint density at radius 3 is 2.40 bits per heavy atom. The SMILES string of the molecule is C=C(/C=C\C1=C(C)OC(F)(F)O1)OCC(=O)NC12CC(NC(=O)COc3ccc(C#N)nc3)(C1)C2. The molecule has 0 radical (unpaired) electrons. The zero-order valence-electron chi connectivity index (χ0n) is 18.7. The van der Waals surface area contributed by atoms with Crippen molar-refractivity contribution in [2.45, 2.75) is 43.6 Å². The molecule has 2 bridgehead atoms. The Balaban J connectivity index is 1.13. The summed E-state index contributed by atoms with van der Waals surface area (Å²) in [7, 11) is 0. The van der Waals surface area contributed by atoms with E-state index in [1.54, 1.807) is 6.07 Å². The van der Waals surface area contributed by atoms with Crippen LogP contribution in [0.25, 0.3) is 0 Å². The van der Waals surface area contributed by atoms with Crippen molar-refractivity contribution in [1.29, 1.82) is 5.26 Å². The van der Waals surface area contributed by atoms with E-state index < -0.39 is 6.29 Å². The Hall–Kier alpha value is -4.14. The molecule has 12 heteroatoms. The number of carbonyl (C=O) groups is 2. The van der Waals surface area contributed by atoms with Gasteiger partial charge in [0, 0.05) is 11.1 Å². The lowest BCUT2D eigenvalue weighted by molar-refractivity contribution is -0.336. The van der Waals surface area contributed by atoms with E-state index in [2.05, 4.69) is 31.7 Å². The quantitative estimate of drug-likeness (QED) is 0.378. The van der Waals surface area contributed by atoms with E-state index in [9.17, 15) is 18.4 Å². The monoisotopic (exact) mass is 488 g/mol. The van der Waals surface area contributed by atoms with Crippen LogP contribution in [0.2, 0.25) is 0 Å². The van der Waals surface area contributed by atoms with Crippen molar-refractivity contribution >= 4 is 11.8 Å². The molecule has 184 valence electrons. The first-order valence-electron chi connectivity index (χ1n) is 10.6. The third kappa shape index (κ3) is 5.51. The van der Waals surface area contributed by atoms with E-state index in [-0.39, 0.29) is 59.1 Å². The molecule has 10 nitrogen and oxygen atoms in total. The lowest BCUT2D eigenvalue weighted by atomic mass is 9.44. The molecule has 5 rings (SSSR count). The lowest BCUT2D eigenvalue weighted by Crippen LogP contribution is -2.84. The molecule has 2 amide bonds. The van der Waals surface area contributed by atoms with E-state index in [1.165, 1.54) is 31.3 Å². The minimum atomic E-state index is -3.71. The van der Waals surface area contributed by atoms with Crippen molar-refractivity contribution in [3.63, 3.8) is 0 Å². The molecule has 0 atom stereocenters. The van der Waals surface area contributed by atoms with Crippen LogP contribution in [0.1, 0.15) is 31.9 Å². The highest BCUT2D eigenvalue weighted by Crippen LogP contribution is 2.60. The van der Waals surface area contributed by atoms with Crippen LogP contribution in [0.5, 0.6) is 5.75 Å². The maximum absolute atomic E-state index is 13.0. The van der Waals surface area contributed by atoms with Gasteiger partial charge in [-0.25, -0.2) is 4.98 Å². The summed E-state index contributed by atoms with van der Waals surface area (Å²) in [6.45, 7) is 4.44. The van der Waals surface area contributed by atoms with Gasteiger partial charge in [-0.05, 0) is 50.5 Å². The van der Waals surface area contributed by atoms with Gasteiger partial charge >= 0.3 is 6.29 Å². The Bertz CT molecular complexity index is 1140. The molecule has 3 fully saturated rings. The zero-order valence-corrected chi connectivity index (χ0v) is 18.7. The van der Waals surface area contributed by atoms with Crippen molar-refractivity contribution in [3.05, 3.63) is 60.0 Å². The van der Waals surface area contributed by atoms with Crippen molar-refractivity contribution in [3.8, 4) is 11.8 Å². The summed E-state index contributed by atoms with van der Waals surface area (Å²) in [6, 6.07) is 4.95. The van der Waals surface area contributed by atoms with E-state index in [0.29, 0.717) is 25.0 Å². The minimum Gasteiger partial charge on any atom is -0.484 e. The fourth-order valence-electron chi connectivity index (χ4n) is 4.37. The number of nitriles is 1. The standard InChI is InChI=1S/C23H22F2N4O6/c1-14(3-6-18-15(2)34-23(24,25)35-18)32-9-19(30)28-21-11-22(12-21,13-21)29-20(31)10-33-17-5-4-16(7-26)27-8-17/h3-6,8H,1,9-13H2,2H3,(H,28,30)(H,29,31)/b6-3-. The van der Waals surface area contributed by atoms with E-state index in [4.69, 9.17) is 14.7 Å². The van der Waals surface area contributed by atoms with Crippen LogP contribution in [0.3, 0.4) is 0 Å². The molecule has 2 N–H and O–H groups in total. The van der Waals surface area contributed by atoms with Crippen LogP contribution in [-0.2, 0) is 23.8 Å². The largest absolute Gasteiger partial charge is 0.585 e. The normalized spacial score (nSPS) is 25.3. The van der Waals surface area contributed by atoms with Gasteiger partial charge in [0.05, 0.1) is 6.20 Å². The molecule has 3 aliphatic carbocycles. The maximum atomic E-state index is 13.0. The number of hydrogen-bond donors (Lipinski definition) is 2. The van der Waals surface area contributed by atoms with Gasteiger partial charge in [0.2, 0.25) is 0 Å². The Labute approximate surface area is 199 Å². The number of aromatic nitrogens is 1. The van der Waals surface area contributed by atoms with E-state index in [1.807, 2.05) is 6.07 Å². The highest BCUT2D eigenvalue weighted by atomic mass is 19.3. The van der Waals surface area contributed by atoms with Crippen LogP contribution in [0, 0.1) is 11.3 Å². The second-order valence-corrected chi connectivity index (χ2v) is 8.64. The number of rotatable bonds is 10. The molecule has 0 saturated heterocycles. The van der Waals surface area contributed by atoms with Gasteiger partial charge in [0.15, 0.2) is 19.0 Å². The second kappa shape index (κ2) is 8.90. The highest BCUT2D eigenvalue weighted by Gasteiger charge is 2.69. The van der Waals surface area contributed by atoms with Crippen molar-refractivity contribution in [2.24, 2.45) is 0 Å². The molecule has 1 aromatic rings. The van der Waals surface area contributed by atoms with Gasteiger partial charge in [-0.1, -0.05) is 6.58 Å². The predicted molar refractivity (Wildman–Crippen MR) is 114 cm³/mol. The van der Waals surface area contributed by atoms with Gasteiger partial charge in [-0.2, -0.15) is 5.26 Å².